The molecule has 0 radical (unpaired) electrons. The molecule has 2 rings (SSSR count). The lowest BCUT2D eigenvalue weighted by Crippen LogP contribution is -2.05. The molecule has 0 aliphatic carbocycles. The van der Waals surface area contributed by atoms with Gasteiger partial charge in [0.05, 0.1) is 0 Å². The lowest BCUT2D eigenvalue weighted by molar-refractivity contribution is -0.0877. The van der Waals surface area contributed by atoms with Gasteiger partial charge in [0.15, 0.2) is 6.29 Å². The number of hydrogen-bond donors (Lipinski definition) is 0. The van der Waals surface area contributed by atoms with Gasteiger partial charge in [-0.15, -0.1) is 0 Å². The smallest absolute Gasteiger partial charge is 0.154 e. The molecule has 98 valence electrons. The highest BCUT2D eigenvalue weighted by molar-refractivity contribution is 4.44. The molecule has 0 spiro atoms. The molecule has 0 aromatic heterocycles. The van der Waals surface area contributed by atoms with Crippen LogP contribution in [0.2, 0.25) is 0 Å². The normalized spacial score (nSPS) is 18.8. The molecule has 0 bridgehead atoms. The lowest BCUT2D eigenvalue weighted by atomic mass is 10.4. The van der Waals surface area contributed by atoms with Crippen molar-refractivity contribution in [2.45, 2.75) is 38.9 Å². The van der Waals surface area contributed by atoms with E-state index in [0.29, 0.717) is 0 Å². The van der Waals surface area contributed by atoms with E-state index in [9.17, 15) is 0 Å². The summed E-state index contributed by atoms with van der Waals surface area (Å²) in [5.41, 5.74) is 0. The zero-order valence-corrected chi connectivity index (χ0v) is 10.9. The third kappa shape index (κ3) is 11.9. The first kappa shape index (κ1) is 15.8. The quantitative estimate of drug-likeness (QED) is 0.686. The van der Waals surface area contributed by atoms with Crippen LogP contribution in [-0.2, 0) is 18.9 Å². The number of hydrogen-bond acceptors (Lipinski definition) is 4. The van der Waals surface area contributed by atoms with E-state index in [2.05, 4.69) is 9.47 Å². The van der Waals surface area contributed by atoms with E-state index in [1.165, 1.54) is 25.7 Å². The zero-order chi connectivity index (χ0) is 12.1. The van der Waals surface area contributed by atoms with Gasteiger partial charge in [0, 0.05) is 40.6 Å². The molecule has 2 heterocycles. The van der Waals surface area contributed by atoms with Crippen LogP contribution < -0.4 is 0 Å². The van der Waals surface area contributed by atoms with Gasteiger partial charge in [-0.2, -0.15) is 0 Å². The van der Waals surface area contributed by atoms with Crippen LogP contribution in [0.3, 0.4) is 0 Å². The van der Waals surface area contributed by atoms with Crippen LogP contribution in [0, 0.1) is 0 Å². The molecule has 16 heavy (non-hydrogen) atoms. The predicted molar refractivity (Wildman–Crippen MR) is 63.6 cm³/mol. The van der Waals surface area contributed by atoms with Gasteiger partial charge in [-0.05, 0) is 32.6 Å². The Hall–Kier alpha value is -0.160. The molecule has 0 atom stereocenters. The largest absolute Gasteiger partial charge is 0.381 e. The van der Waals surface area contributed by atoms with Crippen LogP contribution >= 0.6 is 0 Å². The summed E-state index contributed by atoms with van der Waals surface area (Å²) in [5, 5.41) is 0. The van der Waals surface area contributed by atoms with Crippen molar-refractivity contribution in [3.8, 4) is 0 Å². The van der Waals surface area contributed by atoms with Gasteiger partial charge in [0.1, 0.15) is 0 Å². The Kier molecular flexibility index (Phi) is 12.8. The molecular weight excluding hydrogens is 208 g/mol. The summed E-state index contributed by atoms with van der Waals surface area (Å²) in [6.45, 7) is 5.83. The molecule has 0 aromatic rings. The van der Waals surface area contributed by atoms with Crippen molar-refractivity contribution in [3.63, 3.8) is 0 Å². The summed E-state index contributed by atoms with van der Waals surface area (Å²) in [6, 6.07) is 0. The average Bonchev–Trinajstić information content (AvgIpc) is 3.03. The fourth-order valence-electron chi connectivity index (χ4n) is 1.12. The number of methoxy groups -OCH3 is 2. The fraction of sp³-hybridized carbons (Fsp3) is 1.00. The first-order valence-corrected chi connectivity index (χ1v) is 6.02. The molecule has 0 amide bonds. The van der Waals surface area contributed by atoms with Crippen LogP contribution in [0.5, 0.6) is 0 Å². The molecule has 2 saturated heterocycles. The minimum atomic E-state index is -0.0648. The Labute approximate surface area is 99.2 Å². The van der Waals surface area contributed by atoms with Crippen LogP contribution in [0.15, 0.2) is 0 Å². The second kappa shape index (κ2) is 12.9. The van der Waals surface area contributed by atoms with Crippen molar-refractivity contribution >= 4 is 0 Å². The Bertz CT molecular complexity index is 93.0. The Morgan fingerprint density at radius 3 is 1.12 bits per heavy atom. The molecular formula is C12H26O4. The Morgan fingerprint density at radius 1 is 0.750 bits per heavy atom. The van der Waals surface area contributed by atoms with Crippen LogP contribution in [-0.4, -0.2) is 46.9 Å². The van der Waals surface area contributed by atoms with Crippen LogP contribution in [0.25, 0.3) is 0 Å². The molecule has 4 nitrogen and oxygen atoms in total. The van der Waals surface area contributed by atoms with Crippen molar-refractivity contribution in [3.05, 3.63) is 0 Å². The standard InChI is InChI=1S/C4H10O2.2C4H8O/c1-4(5-2)6-3;2*1-2-4-5-3-1/h4H,1-3H3;2*1-4H2. The van der Waals surface area contributed by atoms with E-state index < -0.39 is 0 Å². The molecule has 0 N–H and O–H groups in total. The highest BCUT2D eigenvalue weighted by Gasteiger charge is 1.95. The first-order chi connectivity index (χ1) is 7.81. The van der Waals surface area contributed by atoms with E-state index in [4.69, 9.17) is 9.47 Å². The van der Waals surface area contributed by atoms with Crippen molar-refractivity contribution in [2.75, 3.05) is 40.6 Å². The molecule has 4 heteroatoms. The maximum Gasteiger partial charge on any atom is 0.154 e. The van der Waals surface area contributed by atoms with Gasteiger partial charge in [-0.3, -0.25) is 0 Å². The summed E-state index contributed by atoms with van der Waals surface area (Å²) in [5.74, 6) is 0. The average molecular weight is 234 g/mol. The topological polar surface area (TPSA) is 36.9 Å². The number of rotatable bonds is 2. The van der Waals surface area contributed by atoms with Gasteiger partial charge in [0.25, 0.3) is 0 Å². The summed E-state index contributed by atoms with van der Waals surface area (Å²) in [7, 11) is 3.21. The maximum atomic E-state index is 4.94. The molecule has 0 saturated carbocycles. The highest BCUT2D eigenvalue weighted by atomic mass is 16.7. The number of ether oxygens (including phenoxy) is 4. The SMILES string of the molecule is C1CCOC1.C1CCOC1.COC(C)OC. The molecule has 2 fully saturated rings. The summed E-state index contributed by atoms with van der Waals surface area (Å²) < 4.78 is 19.2. The van der Waals surface area contributed by atoms with E-state index in [0.717, 1.165) is 26.4 Å². The Morgan fingerprint density at radius 2 is 1.06 bits per heavy atom. The molecule has 0 unspecified atom stereocenters. The van der Waals surface area contributed by atoms with Crippen LogP contribution in [0.1, 0.15) is 32.6 Å². The van der Waals surface area contributed by atoms with Gasteiger partial charge in [-0.1, -0.05) is 0 Å². The fourth-order valence-corrected chi connectivity index (χ4v) is 1.12. The van der Waals surface area contributed by atoms with Crippen molar-refractivity contribution in [1.29, 1.82) is 0 Å². The second-order valence-corrected chi connectivity index (χ2v) is 3.68. The molecule has 0 aromatic carbocycles. The van der Waals surface area contributed by atoms with Crippen molar-refractivity contribution in [2.24, 2.45) is 0 Å². The second-order valence-electron chi connectivity index (χ2n) is 3.68. The van der Waals surface area contributed by atoms with Gasteiger partial charge >= 0.3 is 0 Å². The molecule has 2 aliphatic rings. The van der Waals surface area contributed by atoms with Gasteiger partial charge < -0.3 is 18.9 Å². The molecule has 2 aliphatic heterocycles. The van der Waals surface area contributed by atoms with Crippen molar-refractivity contribution in [1.82, 2.24) is 0 Å². The Balaban J connectivity index is 0.000000211. The monoisotopic (exact) mass is 234 g/mol. The zero-order valence-electron chi connectivity index (χ0n) is 10.9. The summed E-state index contributed by atoms with van der Waals surface area (Å²) in [4.78, 5) is 0. The lowest BCUT2D eigenvalue weighted by Gasteiger charge is -2.03. The summed E-state index contributed by atoms with van der Waals surface area (Å²) in [6.07, 6.45) is 5.05. The minimum Gasteiger partial charge on any atom is -0.381 e. The van der Waals surface area contributed by atoms with Gasteiger partial charge in [0.2, 0.25) is 0 Å². The highest BCUT2D eigenvalue weighted by Crippen LogP contribution is 1.98. The third-order valence-electron chi connectivity index (χ3n) is 2.32. The maximum absolute atomic E-state index is 4.94. The minimum absolute atomic E-state index is 0.0648. The van der Waals surface area contributed by atoms with E-state index in [-0.39, 0.29) is 6.29 Å². The van der Waals surface area contributed by atoms with E-state index >= 15 is 0 Å². The predicted octanol–water partition coefficient (Wildman–Crippen LogP) is 2.22. The van der Waals surface area contributed by atoms with Gasteiger partial charge in [-0.25, -0.2) is 0 Å². The third-order valence-corrected chi connectivity index (χ3v) is 2.32. The van der Waals surface area contributed by atoms with E-state index in [1.807, 2.05) is 6.92 Å². The van der Waals surface area contributed by atoms with Crippen molar-refractivity contribution < 1.29 is 18.9 Å². The first-order valence-electron chi connectivity index (χ1n) is 6.02. The summed E-state index contributed by atoms with van der Waals surface area (Å²) >= 11 is 0. The van der Waals surface area contributed by atoms with Crippen LogP contribution in [0.4, 0.5) is 0 Å². The van der Waals surface area contributed by atoms with E-state index in [1.54, 1.807) is 14.2 Å².